The van der Waals surface area contributed by atoms with Crippen molar-refractivity contribution in [1.29, 1.82) is 0 Å². The third-order valence-electron chi connectivity index (χ3n) is 5.88. The molecule has 4 atom stereocenters. The molecule has 4 rings (SSSR count). The van der Waals surface area contributed by atoms with Crippen LogP contribution in [0, 0.1) is 32.6 Å². The second-order valence-electron chi connectivity index (χ2n) is 7.89. The van der Waals surface area contributed by atoms with Crippen molar-refractivity contribution in [3.05, 3.63) is 45.4 Å². The molecule has 5 nitrogen and oxygen atoms in total. The monoisotopic (exact) mass is 386 g/mol. The van der Waals surface area contributed by atoms with Gasteiger partial charge in [-0.05, 0) is 74.6 Å². The lowest BCUT2D eigenvalue weighted by molar-refractivity contribution is -0.0236. The van der Waals surface area contributed by atoms with E-state index in [0.717, 1.165) is 47.1 Å². The minimum atomic E-state index is -0.509. The highest BCUT2D eigenvalue weighted by molar-refractivity contribution is 7.12. The highest BCUT2D eigenvalue weighted by atomic mass is 32.1. The number of pyridine rings is 1. The smallest absolute Gasteiger partial charge is 0.264 e. The summed E-state index contributed by atoms with van der Waals surface area (Å²) in [7, 11) is 0. The van der Waals surface area contributed by atoms with E-state index < -0.39 is 6.10 Å². The van der Waals surface area contributed by atoms with E-state index in [1.807, 2.05) is 49.3 Å². The standard InChI is InChI=1S/C21H26N2O3S/c1-12-6-7-27-20(12)21(25)23-10-15-8-17(24)19(9-16(15)11-23)26-18-5-4-13(2)22-14(18)3/h4-7,15-17,19,24H,8-11H2,1-3H3/t15-,16+,17+,19+/m0/s1. The average molecular weight is 387 g/mol. The van der Waals surface area contributed by atoms with Gasteiger partial charge in [0.25, 0.3) is 5.91 Å². The molecule has 2 aromatic rings. The van der Waals surface area contributed by atoms with Gasteiger partial charge < -0.3 is 14.7 Å². The van der Waals surface area contributed by atoms with Crippen molar-refractivity contribution in [3.63, 3.8) is 0 Å². The predicted molar refractivity (Wildman–Crippen MR) is 105 cm³/mol. The molecule has 0 radical (unpaired) electrons. The molecule has 1 aliphatic heterocycles. The van der Waals surface area contributed by atoms with Gasteiger partial charge >= 0.3 is 0 Å². The number of carbonyl (C=O) groups excluding carboxylic acids is 1. The first-order valence-electron chi connectivity index (χ1n) is 9.54. The number of thiophene rings is 1. The summed E-state index contributed by atoms with van der Waals surface area (Å²) in [4.78, 5) is 20.1. The third-order valence-corrected chi connectivity index (χ3v) is 6.89. The number of ether oxygens (including phenoxy) is 1. The van der Waals surface area contributed by atoms with Crippen LogP contribution in [-0.4, -0.2) is 46.2 Å². The number of carbonyl (C=O) groups is 1. The Morgan fingerprint density at radius 1 is 1.19 bits per heavy atom. The number of amides is 1. The Labute approximate surface area is 164 Å². The topological polar surface area (TPSA) is 62.7 Å². The second-order valence-corrected chi connectivity index (χ2v) is 8.81. The van der Waals surface area contributed by atoms with Gasteiger partial charge in [-0.25, -0.2) is 0 Å². The van der Waals surface area contributed by atoms with Crippen LogP contribution < -0.4 is 4.74 Å². The van der Waals surface area contributed by atoms with Gasteiger partial charge in [-0.15, -0.1) is 11.3 Å². The van der Waals surface area contributed by atoms with Crippen LogP contribution >= 0.6 is 11.3 Å². The van der Waals surface area contributed by atoms with Crippen LogP contribution in [-0.2, 0) is 0 Å². The van der Waals surface area contributed by atoms with Crippen molar-refractivity contribution in [2.24, 2.45) is 11.8 Å². The van der Waals surface area contributed by atoms with E-state index in [4.69, 9.17) is 4.74 Å². The maximum Gasteiger partial charge on any atom is 0.264 e. The van der Waals surface area contributed by atoms with Gasteiger partial charge in [0.05, 0.1) is 16.7 Å². The number of nitrogens with zero attached hydrogens (tertiary/aromatic N) is 2. The SMILES string of the molecule is Cc1ccc(O[C@@H]2C[C@@H]3CN(C(=O)c4sccc4C)C[C@@H]3C[C@H]2O)c(C)n1. The van der Waals surface area contributed by atoms with E-state index in [-0.39, 0.29) is 12.0 Å². The Kier molecular flexibility index (Phi) is 4.95. The van der Waals surface area contributed by atoms with Crippen LogP contribution in [0.2, 0.25) is 0 Å². The molecule has 27 heavy (non-hydrogen) atoms. The van der Waals surface area contributed by atoms with E-state index in [0.29, 0.717) is 18.3 Å². The Hall–Kier alpha value is -1.92. The number of fused-ring (bicyclic) bond motifs is 1. The molecular formula is C21H26N2O3S. The highest BCUT2D eigenvalue weighted by Gasteiger charge is 2.44. The molecule has 144 valence electrons. The van der Waals surface area contributed by atoms with Gasteiger partial charge in [0.1, 0.15) is 11.9 Å². The zero-order chi connectivity index (χ0) is 19.1. The molecule has 1 amide bonds. The summed E-state index contributed by atoms with van der Waals surface area (Å²) < 4.78 is 6.13. The molecule has 0 unspecified atom stereocenters. The summed E-state index contributed by atoms with van der Waals surface area (Å²) >= 11 is 1.51. The Bertz CT molecular complexity index is 850. The largest absolute Gasteiger partial charge is 0.486 e. The van der Waals surface area contributed by atoms with Crippen LogP contribution in [0.25, 0.3) is 0 Å². The van der Waals surface area contributed by atoms with Gasteiger partial charge in [-0.1, -0.05) is 0 Å². The molecule has 1 aliphatic carbocycles. The highest BCUT2D eigenvalue weighted by Crippen LogP contribution is 2.39. The summed E-state index contributed by atoms with van der Waals surface area (Å²) in [5.74, 6) is 1.59. The van der Waals surface area contributed by atoms with Crippen LogP contribution in [0.3, 0.4) is 0 Å². The van der Waals surface area contributed by atoms with Crippen molar-refractivity contribution < 1.29 is 14.6 Å². The zero-order valence-corrected chi connectivity index (χ0v) is 16.8. The molecule has 2 fully saturated rings. The predicted octanol–water partition coefficient (Wildman–Crippen LogP) is 3.36. The average Bonchev–Trinajstić information content (AvgIpc) is 3.22. The van der Waals surface area contributed by atoms with Gasteiger partial charge in [0, 0.05) is 18.8 Å². The van der Waals surface area contributed by atoms with E-state index in [1.54, 1.807) is 0 Å². The van der Waals surface area contributed by atoms with Crippen LogP contribution in [0.5, 0.6) is 5.75 Å². The van der Waals surface area contributed by atoms with E-state index >= 15 is 0 Å². The molecule has 1 N–H and O–H groups in total. The lowest BCUT2D eigenvalue weighted by Gasteiger charge is -2.35. The molecule has 0 aromatic carbocycles. The minimum Gasteiger partial charge on any atom is -0.486 e. The number of hydrogen-bond acceptors (Lipinski definition) is 5. The summed E-state index contributed by atoms with van der Waals surface area (Å²) in [6.07, 6.45) is 0.700. The first kappa shape index (κ1) is 18.4. The number of rotatable bonds is 3. The fourth-order valence-corrected chi connectivity index (χ4v) is 5.27. The summed E-state index contributed by atoms with van der Waals surface area (Å²) in [5.41, 5.74) is 2.85. The maximum atomic E-state index is 12.8. The van der Waals surface area contributed by atoms with Crippen molar-refractivity contribution in [3.8, 4) is 5.75 Å². The van der Waals surface area contributed by atoms with Gasteiger partial charge in [0.2, 0.25) is 0 Å². The molecule has 0 bridgehead atoms. The molecule has 6 heteroatoms. The van der Waals surface area contributed by atoms with E-state index in [1.165, 1.54) is 11.3 Å². The van der Waals surface area contributed by atoms with Crippen molar-refractivity contribution in [2.75, 3.05) is 13.1 Å². The molecule has 2 aromatic heterocycles. The molecule has 1 saturated carbocycles. The van der Waals surface area contributed by atoms with Crippen molar-refractivity contribution in [1.82, 2.24) is 9.88 Å². The summed E-state index contributed by atoms with van der Waals surface area (Å²) in [5, 5.41) is 12.6. The molecule has 2 aliphatic rings. The molecular weight excluding hydrogens is 360 g/mol. The van der Waals surface area contributed by atoms with E-state index in [2.05, 4.69) is 4.98 Å². The fourth-order valence-electron chi connectivity index (χ4n) is 4.38. The lowest BCUT2D eigenvalue weighted by atomic mass is 9.78. The first-order chi connectivity index (χ1) is 12.9. The summed E-state index contributed by atoms with van der Waals surface area (Å²) in [6, 6.07) is 5.85. The number of likely N-dealkylation sites (tertiary alicyclic amines) is 1. The molecule has 1 saturated heterocycles. The first-order valence-corrected chi connectivity index (χ1v) is 10.4. The number of hydrogen-bond donors (Lipinski definition) is 1. The maximum absolute atomic E-state index is 12.8. The van der Waals surface area contributed by atoms with E-state index in [9.17, 15) is 9.90 Å². The number of aromatic nitrogens is 1. The molecule has 3 heterocycles. The second kappa shape index (κ2) is 7.24. The lowest BCUT2D eigenvalue weighted by Crippen LogP contribution is -2.42. The summed E-state index contributed by atoms with van der Waals surface area (Å²) in [6.45, 7) is 7.35. The Morgan fingerprint density at radius 2 is 1.93 bits per heavy atom. The fraction of sp³-hybridized carbons (Fsp3) is 0.524. The quantitative estimate of drug-likeness (QED) is 0.879. The number of aryl methyl sites for hydroxylation is 3. The van der Waals surface area contributed by atoms with Gasteiger partial charge in [-0.3, -0.25) is 9.78 Å². The number of aliphatic hydroxyl groups is 1. The van der Waals surface area contributed by atoms with Gasteiger partial charge in [0.15, 0.2) is 0 Å². The zero-order valence-electron chi connectivity index (χ0n) is 16.0. The molecule has 0 spiro atoms. The third kappa shape index (κ3) is 3.60. The van der Waals surface area contributed by atoms with Gasteiger partial charge in [-0.2, -0.15) is 0 Å². The van der Waals surface area contributed by atoms with Crippen LogP contribution in [0.15, 0.2) is 23.6 Å². The Balaban J connectivity index is 1.44. The van der Waals surface area contributed by atoms with Crippen LogP contribution in [0.4, 0.5) is 0 Å². The minimum absolute atomic E-state index is 0.127. The van der Waals surface area contributed by atoms with Crippen molar-refractivity contribution >= 4 is 17.2 Å². The van der Waals surface area contributed by atoms with Crippen molar-refractivity contribution in [2.45, 2.75) is 45.8 Å². The Morgan fingerprint density at radius 3 is 2.59 bits per heavy atom. The normalized spacial score (nSPS) is 27.5. The van der Waals surface area contributed by atoms with Crippen LogP contribution in [0.1, 0.15) is 39.5 Å². The number of aliphatic hydroxyl groups excluding tert-OH is 1.